The van der Waals surface area contributed by atoms with E-state index >= 15 is 0 Å². The second-order valence-electron chi connectivity index (χ2n) is 4.99. The van der Waals surface area contributed by atoms with Gasteiger partial charge in [0.15, 0.2) is 0 Å². The summed E-state index contributed by atoms with van der Waals surface area (Å²) in [5, 5.41) is 9.09. The minimum atomic E-state index is -0.893. The zero-order chi connectivity index (χ0) is 13.1. The third-order valence-electron chi connectivity index (χ3n) is 3.79. The number of rotatable bonds is 2. The van der Waals surface area contributed by atoms with E-state index in [0.717, 1.165) is 32.4 Å². The number of carboxylic acid groups (broad SMARTS) is 1. The van der Waals surface area contributed by atoms with E-state index in [1.54, 1.807) is 11.9 Å². The summed E-state index contributed by atoms with van der Waals surface area (Å²) in [6, 6.07) is -0.423. The van der Waals surface area contributed by atoms with Crippen LogP contribution in [-0.4, -0.2) is 66.3 Å². The Hall–Kier alpha value is -1.30. The molecule has 2 saturated heterocycles. The van der Waals surface area contributed by atoms with Crippen LogP contribution >= 0.6 is 0 Å². The molecule has 1 N–H and O–H groups in total. The first-order valence-corrected chi connectivity index (χ1v) is 6.43. The van der Waals surface area contributed by atoms with Crippen molar-refractivity contribution < 1.29 is 19.4 Å². The Bertz CT molecular complexity index is 328. The molecule has 0 bridgehead atoms. The predicted molar refractivity (Wildman–Crippen MR) is 64.3 cm³/mol. The first kappa shape index (κ1) is 13.1. The van der Waals surface area contributed by atoms with Gasteiger partial charge in [0, 0.05) is 20.1 Å². The van der Waals surface area contributed by atoms with Crippen molar-refractivity contribution in [1.82, 2.24) is 9.80 Å². The summed E-state index contributed by atoms with van der Waals surface area (Å²) in [5.74, 6) is -1.50. The number of carboxylic acids is 1. The van der Waals surface area contributed by atoms with Crippen molar-refractivity contribution in [3.8, 4) is 0 Å². The van der Waals surface area contributed by atoms with Crippen molar-refractivity contribution in [2.24, 2.45) is 5.92 Å². The van der Waals surface area contributed by atoms with E-state index in [1.807, 2.05) is 0 Å². The largest absolute Gasteiger partial charge is 0.481 e. The summed E-state index contributed by atoms with van der Waals surface area (Å²) in [4.78, 5) is 26.7. The minimum absolute atomic E-state index is 0.0727. The van der Waals surface area contributed by atoms with Crippen molar-refractivity contribution >= 4 is 12.0 Å². The molecule has 0 aromatic rings. The average Bonchev–Trinajstić information content (AvgIpc) is 2.87. The van der Waals surface area contributed by atoms with E-state index in [9.17, 15) is 9.59 Å². The number of ether oxygens (including phenoxy) is 1. The molecule has 2 rings (SSSR count). The first-order valence-electron chi connectivity index (χ1n) is 6.43. The quantitative estimate of drug-likeness (QED) is 0.786. The Morgan fingerprint density at radius 2 is 1.89 bits per heavy atom. The van der Waals surface area contributed by atoms with Gasteiger partial charge in [-0.3, -0.25) is 4.79 Å². The van der Waals surface area contributed by atoms with Crippen molar-refractivity contribution in [3.05, 3.63) is 0 Å². The topological polar surface area (TPSA) is 70.1 Å². The standard InChI is InChI=1S/C12H20N2O4/c1-13(10-8-18-7-9(10)11(15)16)12(17)14-5-3-2-4-6-14/h9-10H,2-8H2,1H3,(H,15,16). The van der Waals surface area contributed by atoms with Crippen molar-refractivity contribution in [2.45, 2.75) is 25.3 Å². The minimum Gasteiger partial charge on any atom is -0.481 e. The number of amides is 2. The number of urea groups is 1. The lowest BCUT2D eigenvalue weighted by atomic mass is 10.0. The van der Waals surface area contributed by atoms with Gasteiger partial charge in [-0.05, 0) is 19.3 Å². The van der Waals surface area contributed by atoms with Gasteiger partial charge in [-0.15, -0.1) is 0 Å². The third kappa shape index (κ3) is 2.58. The Morgan fingerprint density at radius 3 is 2.50 bits per heavy atom. The van der Waals surface area contributed by atoms with Crippen LogP contribution in [0.2, 0.25) is 0 Å². The molecule has 0 aromatic carbocycles. The predicted octanol–water partition coefficient (Wildman–Crippen LogP) is 0.624. The smallest absolute Gasteiger partial charge is 0.320 e. The van der Waals surface area contributed by atoms with Gasteiger partial charge in [0.05, 0.1) is 19.3 Å². The Morgan fingerprint density at radius 1 is 1.22 bits per heavy atom. The molecule has 18 heavy (non-hydrogen) atoms. The van der Waals surface area contributed by atoms with Crippen LogP contribution in [0.1, 0.15) is 19.3 Å². The number of hydrogen-bond donors (Lipinski definition) is 1. The zero-order valence-corrected chi connectivity index (χ0v) is 10.7. The highest BCUT2D eigenvalue weighted by Crippen LogP contribution is 2.21. The molecular formula is C12H20N2O4. The molecule has 0 spiro atoms. The van der Waals surface area contributed by atoms with Crippen molar-refractivity contribution in [3.63, 3.8) is 0 Å². The van der Waals surface area contributed by atoms with Crippen molar-refractivity contribution in [1.29, 1.82) is 0 Å². The van der Waals surface area contributed by atoms with Crippen LogP contribution in [0, 0.1) is 5.92 Å². The molecule has 6 nitrogen and oxygen atoms in total. The molecule has 2 atom stereocenters. The monoisotopic (exact) mass is 256 g/mol. The maximum Gasteiger partial charge on any atom is 0.320 e. The highest BCUT2D eigenvalue weighted by Gasteiger charge is 2.39. The van der Waals surface area contributed by atoms with Crippen LogP contribution in [0.15, 0.2) is 0 Å². The SMILES string of the molecule is CN(C(=O)N1CCCCC1)C1COCC1C(=O)O. The van der Waals surface area contributed by atoms with Gasteiger partial charge in [0.2, 0.25) is 0 Å². The van der Waals surface area contributed by atoms with Crippen LogP contribution in [0.3, 0.4) is 0 Å². The summed E-state index contributed by atoms with van der Waals surface area (Å²) in [6.07, 6.45) is 3.23. The summed E-state index contributed by atoms with van der Waals surface area (Å²) in [7, 11) is 1.67. The van der Waals surface area contributed by atoms with E-state index in [4.69, 9.17) is 9.84 Å². The molecule has 102 valence electrons. The second-order valence-corrected chi connectivity index (χ2v) is 4.99. The lowest BCUT2D eigenvalue weighted by Crippen LogP contribution is -2.51. The molecule has 0 saturated carbocycles. The summed E-state index contributed by atoms with van der Waals surface area (Å²) in [6.45, 7) is 2.05. The molecule has 0 aliphatic carbocycles. The third-order valence-corrected chi connectivity index (χ3v) is 3.79. The van der Waals surface area contributed by atoms with Crippen LogP contribution in [-0.2, 0) is 9.53 Å². The van der Waals surface area contributed by atoms with E-state index in [-0.39, 0.29) is 18.7 Å². The molecule has 2 fully saturated rings. The first-order chi connectivity index (χ1) is 8.61. The van der Waals surface area contributed by atoms with Gasteiger partial charge in [-0.1, -0.05) is 0 Å². The molecule has 2 aliphatic heterocycles. The number of carbonyl (C=O) groups is 2. The molecule has 2 amide bonds. The molecule has 2 aliphatic rings. The van der Waals surface area contributed by atoms with E-state index < -0.39 is 11.9 Å². The summed E-state index contributed by atoms with van der Waals surface area (Å²) in [5.41, 5.74) is 0. The fourth-order valence-corrected chi connectivity index (χ4v) is 2.61. The van der Waals surface area contributed by atoms with Crippen LogP contribution in [0.25, 0.3) is 0 Å². The van der Waals surface area contributed by atoms with Gasteiger partial charge in [-0.25, -0.2) is 4.79 Å². The Kier molecular flexibility index (Phi) is 4.06. The van der Waals surface area contributed by atoms with E-state index in [2.05, 4.69) is 0 Å². The van der Waals surface area contributed by atoms with Crippen LogP contribution in [0.5, 0.6) is 0 Å². The van der Waals surface area contributed by atoms with Crippen LogP contribution in [0.4, 0.5) is 4.79 Å². The molecule has 0 aromatic heterocycles. The number of aliphatic carboxylic acids is 1. The lowest BCUT2D eigenvalue weighted by Gasteiger charge is -2.34. The number of hydrogen-bond acceptors (Lipinski definition) is 3. The number of piperidine rings is 1. The molecule has 6 heteroatoms. The van der Waals surface area contributed by atoms with Gasteiger partial charge in [0.25, 0.3) is 0 Å². The van der Waals surface area contributed by atoms with E-state index in [1.165, 1.54) is 4.90 Å². The fraction of sp³-hybridized carbons (Fsp3) is 0.833. The maximum absolute atomic E-state index is 12.3. The van der Waals surface area contributed by atoms with Crippen LogP contribution < -0.4 is 0 Å². The van der Waals surface area contributed by atoms with Gasteiger partial charge in [-0.2, -0.15) is 0 Å². The molecule has 2 unspecified atom stereocenters. The van der Waals surface area contributed by atoms with Gasteiger partial charge < -0.3 is 19.6 Å². The highest BCUT2D eigenvalue weighted by molar-refractivity contribution is 5.77. The summed E-state index contributed by atoms with van der Waals surface area (Å²) >= 11 is 0. The average molecular weight is 256 g/mol. The Balaban J connectivity index is 1.98. The molecule has 2 heterocycles. The Labute approximate surface area is 106 Å². The molecular weight excluding hydrogens is 236 g/mol. The lowest BCUT2D eigenvalue weighted by molar-refractivity contribution is -0.142. The zero-order valence-electron chi connectivity index (χ0n) is 10.7. The van der Waals surface area contributed by atoms with Crippen molar-refractivity contribution in [2.75, 3.05) is 33.4 Å². The normalized spacial score (nSPS) is 28.2. The highest BCUT2D eigenvalue weighted by atomic mass is 16.5. The summed E-state index contributed by atoms with van der Waals surface area (Å²) < 4.78 is 5.20. The molecule has 0 radical (unpaired) electrons. The fourth-order valence-electron chi connectivity index (χ4n) is 2.61. The number of carbonyl (C=O) groups excluding carboxylic acids is 1. The van der Waals surface area contributed by atoms with Gasteiger partial charge >= 0.3 is 12.0 Å². The number of nitrogens with zero attached hydrogens (tertiary/aromatic N) is 2. The maximum atomic E-state index is 12.3. The van der Waals surface area contributed by atoms with Gasteiger partial charge in [0.1, 0.15) is 5.92 Å². The number of likely N-dealkylation sites (N-methyl/N-ethyl adjacent to an activating group) is 1. The second kappa shape index (κ2) is 5.56. The number of likely N-dealkylation sites (tertiary alicyclic amines) is 1. The van der Waals surface area contributed by atoms with E-state index in [0.29, 0.717) is 6.61 Å².